The molecule has 0 aliphatic carbocycles. The Balaban J connectivity index is 1.79. The highest BCUT2D eigenvalue weighted by molar-refractivity contribution is 6.06. The highest BCUT2D eigenvalue weighted by Gasteiger charge is 2.15. The molecule has 0 aromatic heterocycles. The third-order valence-electron chi connectivity index (χ3n) is 4.02. The number of carbonyl (C=O) groups excluding carboxylic acids is 1. The molecule has 3 N–H and O–H groups in total. The number of anilines is 3. The van der Waals surface area contributed by atoms with E-state index in [9.17, 15) is 4.79 Å². The molecule has 0 atom stereocenters. The monoisotopic (exact) mass is 295 g/mol. The zero-order valence-corrected chi connectivity index (χ0v) is 12.6. The van der Waals surface area contributed by atoms with Gasteiger partial charge in [0.25, 0.3) is 5.91 Å². The lowest BCUT2D eigenvalue weighted by molar-refractivity contribution is 0.102. The molecule has 3 rings (SSSR count). The number of nitrogens with zero attached hydrogens (tertiary/aromatic N) is 1. The van der Waals surface area contributed by atoms with Crippen LogP contribution in [0.25, 0.3) is 0 Å². The number of nitrogens with two attached hydrogens (primary N) is 1. The van der Waals surface area contributed by atoms with Crippen molar-refractivity contribution in [3.63, 3.8) is 0 Å². The molecule has 2 aromatic rings. The number of para-hydroxylation sites is 2. The Morgan fingerprint density at radius 2 is 1.64 bits per heavy atom. The highest BCUT2D eigenvalue weighted by Crippen LogP contribution is 2.28. The lowest BCUT2D eigenvalue weighted by Gasteiger charge is -2.30. The molecule has 1 heterocycles. The van der Waals surface area contributed by atoms with E-state index in [-0.39, 0.29) is 5.91 Å². The number of hydrogen-bond donors (Lipinski definition) is 2. The van der Waals surface area contributed by atoms with Crippen molar-refractivity contribution >= 4 is 23.0 Å². The summed E-state index contributed by atoms with van der Waals surface area (Å²) in [7, 11) is 0. The summed E-state index contributed by atoms with van der Waals surface area (Å²) in [6, 6.07) is 15.0. The Bertz CT molecular complexity index is 646. The molecule has 4 heteroatoms. The van der Waals surface area contributed by atoms with Gasteiger partial charge in [0, 0.05) is 24.3 Å². The van der Waals surface area contributed by atoms with Crippen molar-refractivity contribution in [2.24, 2.45) is 0 Å². The maximum atomic E-state index is 12.4. The molecule has 0 bridgehead atoms. The average molecular weight is 295 g/mol. The second-order valence-electron chi connectivity index (χ2n) is 5.64. The number of hydrogen-bond acceptors (Lipinski definition) is 3. The van der Waals surface area contributed by atoms with Crippen molar-refractivity contribution in [3.05, 3.63) is 54.1 Å². The zero-order valence-electron chi connectivity index (χ0n) is 12.6. The summed E-state index contributed by atoms with van der Waals surface area (Å²) in [4.78, 5) is 14.7. The van der Waals surface area contributed by atoms with Gasteiger partial charge in [-0.3, -0.25) is 4.79 Å². The molecule has 0 spiro atoms. The van der Waals surface area contributed by atoms with Crippen molar-refractivity contribution in [2.45, 2.75) is 19.3 Å². The van der Waals surface area contributed by atoms with Crippen LogP contribution in [0.1, 0.15) is 29.6 Å². The maximum Gasteiger partial charge on any atom is 0.255 e. The molecule has 1 saturated heterocycles. The molecule has 0 saturated carbocycles. The number of nitrogen functional groups attached to an aromatic ring is 1. The Kier molecular flexibility index (Phi) is 4.28. The van der Waals surface area contributed by atoms with Gasteiger partial charge < -0.3 is 16.0 Å². The minimum atomic E-state index is -0.107. The molecular weight excluding hydrogens is 274 g/mol. The van der Waals surface area contributed by atoms with Gasteiger partial charge in [0.05, 0.1) is 11.4 Å². The second-order valence-corrected chi connectivity index (χ2v) is 5.64. The fourth-order valence-electron chi connectivity index (χ4n) is 2.82. The molecular formula is C18H21N3O. The SMILES string of the molecule is Nc1ccc(C(=O)Nc2ccccc2N2CCCCC2)cc1. The van der Waals surface area contributed by atoms with E-state index in [1.54, 1.807) is 24.3 Å². The fraction of sp³-hybridized carbons (Fsp3) is 0.278. The zero-order chi connectivity index (χ0) is 15.4. The van der Waals surface area contributed by atoms with Crippen LogP contribution in [0, 0.1) is 0 Å². The number of amides is 1. The normalized spacial score (nSPS) is 14.6. The van der Waals surface area contributed by atoms with E-state index in [1.807, 2.05) is 18.2 Å². The van der Waals surface area contributed by atoms with Crippen molar-refractivity contribution in [3.8, 4) is 0 Å². The van der Waals surface area contributed by atoms with Gasteiger partial charge in [0.1, 0.15) is 0 Å². The first-order valence-electron chi connectivity index (χ1n) is 7.75. The van der Waals surface area contributed by atoms with Crippen molar-refractivity contribution in [1.82, 2.24) is 0 Å². The summed E-state index contributed by atoms with van der Waals surface area (Å²) in [5.74, 6) is -0.107. The molecule has 114 valence electrons. The number of benzene rings is 2. The molecule has 4 nitrogen and oxygen atoms in total. The minimum absolute atomic E-state index is 0.107. The molecule has 1 aliphatic heterocycles. The quantitative estimate of drug-likeness (QED) is 0.852. The van der Waals surface area contributed by atoms with Crippen LogP contribution in [0.4, 0.5) is 17.1 Å². The Hall–Kier alpha value is -2.49. The first kappa shape index (κ1) is 14.4. The predicted octanol–water partition coefficient (Wildman–Crippen LogP) is 3.51. The third kappa shape index (κ3) is 3.22. The first-order valence-corrected chi connectivity index (χ1v) is 7.75. The van der Waals surface area contributed by atoms with E-state index >= 15 is 0 Å². The van der Waals surface area contributed by atoms with Gasteiger partial charge in [-0.25, -0.2) is 0 Å². The van der Waals surface area contributed by atoms with Crippen molar-refractivity contribution in [1.29, 1.82) is 0 Å². The van der Waals surface area contributed by atoms with E-state index in [0.29, 0.717) is 11.3 Å². The van der Waals surface area contributed by atoms with E-state index in [0.717, 1.165) is 24.5 Å². The van der Waals surface area contributed by atoms with E-state index in [1.165, 1.54) is 19.3 Å². The van der Waals surface area contributed by atoms with Crippen LogP contribution in [-0.2, 0) is 0 Å². The van der Waals surface area contributed by atoms with Gasteiger partial charge in [-0.15, -0.1) is 0 Å². The number of rotatable bonds is 3. The minimum Gasteiger partial charge on any atom is -0.399 e. The summed E-state index contributed by atoms with van der Waals surface area (Å²) in [5.41, 5.74) is 8.90. The van der Waals surface area contributed by atoms with Gasteiger partial charge in [-0.05, 0) is 55.7 Å². The first-order chi connectivity index (χ1) is 10.7. The molecule has 1 amide bonds. The second kappa shape index (κ2) is 6.52. The molecule has 2 aromatic carbocycles. The highest BCUT2D eigenvalue weighted by atomic mass is 16.1. The smallest absolute Gasteiger partial charge is 0.255 e. The average Bonchev–Trinajstić information content (AvgIpc) is 2.57. The predicted molar refractivity (Wildman–Crippen MR) is 91.3 cm³/mol. The van der Waals surface area contributed by atoms with Gasteiger partial charge in [-0.2, -0.15) is 0 Å². The molecule has 1 aliphatic rings. The van der Waals surface area contributed by atoms with Crippen LogP contribution in [0.5, 0.6) is 0 Å². The molecule has 1 fully saturated rings. The van der Waals surface area contributed by atoms with E-state index in [2.05, 4.69) is 16.3 Å². The number of carbonyl (C=O) groups is 1. The van der Waals surface area contributed by atoms with Crippen molar-refractivity contribution < 1.29 is 4.79 Å². The van der Waals surface area contributed by atoms with Gasteiger partial charge in [-0.1, -0.05) is 12.1 Å². The van der Waals surface area contributed by atoms with Gasteiger partial charge >= 0.3 is 0 Å². The summed E-state index contributed by atoms with van der Waals surface area (Å²) < 4.78 is 0. The Labute approximate surface area is 130 Å². The van der Waals surface area contributed by atoms with Crippen LogP contribution in [0.2, 0.25) is 0 Å². The van der Waals surface area contributed by atoms with E-state index in [4.69, 9.17) is 5.73 Å². The third-order valence-corrected chi connectivity index (χ3v) is 4.02. The lowest BCUT2D eigenvalue weighted by atomic mass is 10.1. The summed E-state index contributed by atoms with van der Waals surface area (Å²) in [5, 5.41) is 3.02. The molecule has 0 unspecified atom stereocenters. The summed E-state index contributed by atoms with van der Waals surface area (Å²) >= 11 is 0. The Morgan fingerprint density at radius 3 is 2.36 bits per heavy atom. The summed E-state index contributed by atoms with van der Waals surface area (Å²) in [6.07, 6.45) is 3.71. The van der Waals surface area contributed by atoms with Crippen molar-refractivity contribution in [2.75, 3.05) is 29.0 Å². The van der Waals surface area contributed by atoms with Crippen LogP contribution in [0.3, 0.4) is 0 Å². The van der Waals surface area contributed by atoms with Crippen LogP contribution < -0.4 is 16.0 Å². The number of piperidine rings is 1. The number of nitrogens with one attached hydrogen (secondary N) is 1. The largest absolute Gasteiger partial charge is 0.399 e. The van der Waals surface area contributed by atoms with E-state index < -0.39 is 0 Å². The Morgan fingerprint density at radius 1 is 0.955 bits per heavy atom. The van der Waals surface area contributed by atoms with Gasteiger partial charge in [0.15, 0.2) is 0 Å². The summed E-state index contributed by atoms with van der Waals surface area (Å²) in [6.45, 7) is 2.10. The fourth-order valence-corrected chi connectivity index (χ4v) is 2.82. The maximum absolute atomic E-state index is 12.4. The standard InChI is InChI=1S/C18H21N3O/c19-15-10-8-14(9-11-15)18(22)20-16-6-2-3-7-17(16)21-12-4-1-5-13-21/h2-3,6-11H,1,4-5,12-13,19H2,(H,20,22). The van der Waals surface area contributed by atoms with Crippen LogP contribution in [0.15, 0.2) is 48.5 Å². The molecule has 22 heavy (non-hydrogen) atoms. The molecule has 0 radical (unpaired) electrons. The van der Waals surface area contributed by atoms with Crippen LogP contribution in [-0.4, -0.2) is 19.0 Å². The van der Waals surface area contributed by atoms with Crippen LogP contribution >= 0.6 is 0 Å². The van der Waals surface area contributed by atoms with Gasteiger partial charge in [0.2, 0.25) is 0 Å². The lowest BCUT2D eigenvalue weighted by Crippen LogP contribution is -2.30. The topological polar surface area (TPSA) is 58.4 Å².